The van der Waals surface area contributed by atoms with E-state index in [1.807, 2.05) is 0 Å². The maximum atomic E-state index is 2.28. The second-order valence-electron chi connectivity index (χ2n) is 15.1. The van der Waals surface area contributed by atoms with Gasteiger partial charge in [0.2, 0.25) is 0 Å². The molecule has 11 heteroatoms. The molecule has 0 atom stereocenters. The van der Waals surface area contributed by atoms with Gasteiger partial charge in [-0.05, 0) is 120 Å². The summed E-state index contributed by atoms with van der Waals surface area (Å²) >= 11 is 0. The zero-order valence-corrected chi connectivity index (χ0v) is 45.9. The van der Waals surface area contributed by atoms with Crippen molar-refractivity contribution in [2.45, 2.75) is 0 Å². The van der Waals surface area contributed by atoms with Crippen molar-refractivity contribution >= 4 is 107 Å². The van der Waals surface area contributed by atoms with Gasteiger partial charge in [-0.25, -0.2) is 0 Å². The van der Waals surface area contributed by atoms with Crippen molar-refractivity contribution in [3.63, 3.8) is 0 Å². The van der Waals surface area contributed by atoms with Crippen LogP contribution in [0.5, 0.6) is 0 Å². The molecule has 0 heterocycles. The third kappa shape index (κ3) is 13.8. The van der Waals surface area contributed by atoms with Gasteiger partial charge in [-0.3, -0.25) is 0 Å². The average molecular weight is 1060 g/mol. The van der Waals surface area contributed by atoms with Crippen LogP contribution in [-0.4, -0.2) is 84.6 Å². The Morgan fingerprint density at radius 2 is 0.322 bits per heavy atom. The van der Waals surface area contributed by atoms with E-state index in [1.54, 1.807) is 0 Å². The normalized spacial score (nSPS) is 10.3. The molecular weight excluding hydrogens is 994 g/mol. The molecule has 0 aliphatic heterocycles. The molecule has 0 fully saturated rings. The first-order chi connectivity index (χ1) is 26.7. The molecule has 0 saturated carbocycles. The van der Waals surface area contributed by atoms with E-state index in [4.69, 9.17) is 0 Å². The van der Waals surface area contributed by atoms with Crippen molar-refractivity contribution in [3.8, 4) is 0 Å². The van der Waals surface area contributed by atoms with Crippen LogP contribution in [0.4, 0.5) is 34.1 Å². The van der Waals surface area contributed by atoms with Crippen molar-refractivity contribution in [2.24, 2.45) is 0 Å². The Morgan fingerprint density at radius 3 is 0.407 bits per heavy atom. The fraction of sp³-hybridized carbons (Fsp3) is 0.250. The molecule has 0 aliphatic rings. The standard InChI is InChI=1S/2C24H30N3P.2ClH.Hg/c2*1-25(2)19-7-13-22(14-8-19)28(23-15-9-20(10-16-23)26(3)4)24-17-11-21(12-18-24)27(5)6;;;/h2*7-18H,1-6H3;2*1H;. The summed E-state index contributed by atoms with van der Waals surface area (Å²) in [6.07, 6.45) is 0. The van der Waals surface area contributed by atoms with Gasteiger partial charge in [-0.2, -0.15) is 0 Å². The maximum absolute atomic E-state index is 2.28. The molecule has 0 amide bonds. The van der Waals surface area contributed by atoms with Crippen LogP contribution in [0.25, 0.3) is 0 Å². The van der Waals surface area contributed by atoms with E-state index in [2.05, 4.69) is 260 Å². The Labute approximate surface area is 391 Å². The van der Waals surface area contributed by atoms with Crippen LogP contribution in [0.2, 0.25) is 0 Å². The first-order valence-corrected chi connectivity index (χ1v) is 21.7. The molecule has 6 aromatic rings. The zero-order valence-electron chi connectivity index (χ0n) is 37.0. The molecule has 0 spiro atoms. The number of anilines is 6. The van der Waals surface area contributed by atoms with Crippen LogP contribution < -0.4 is 61.2 Å². The Hall–Kier alpha value is -3.50. The summed E-state index contributed by atoms with van der Waals surface area (Å²) < 4.78 is 0. The van der Waals surface area contributed by atoms with Crippen molar-refractivity contribution in [1.29, 1.82) is 0 Å². The van der Waals surface area contributed by atoms with Gasteiger partial charge in [0.1, 0.15) is 0 Å². The van der Waals surface area contributed by atoms with Crippen LogP contribution in [-0.2, 0) is 27.7 Å². The van der Waals surface area contributed by atoms with Gasteiger partial charge in [-0.1, -0.05) is 72.8 Å². The van der Waals surface area contributed by atoms with Gasteiger partial charge in [-0.15, -0.1) is 24.8 Å². The topological polar surface area (TPSA) is 19.4 Å². The second-order valence-corrected chi connectivity index (χ2v) is 19.6. The van der Waals surface area contributed by atoms with Gasteiger partial charge in [0.25, 0.3) is 0 Å². The summed E-state index contributed by atoms with van der Waals surface area (Å²) in [6, 6.07) is 53.9. The minimum Gasteiger partial charge on any atom is -0.378 e. The SMILES string of the molecule is CN(C)c1ccc(P(c2ccc(N(C)C)cc2)c2ccc(N(C)C)cc2)cc1.CN(C)c1ccc(P(c2ccc(N(C)C)cc2)c2ccc(N(C)C)cc2)cc1.Cl.Cl.[Hg]. The van der Waals surface area contributed by atoms with Crippen LogP contribution in [0, 0.1) is 0 Å². The third-order valence-corrected chi connectivity index (χ3v) is 14.6. The molecule has 0 radical (unpaired) electrons. The fourth-order valence-corrected chi connectivity index (χ4v) is 10.8. The molecule has 310 valence electrons. The predicted octanol–water partition coefficient (Wildman–Crippen LogP) is 8.13. The Balaban J connectivity index is 0.000000387. The Morgan fingerprint density at radius 1 is 0.220 bits per heavy atom. The molecule has 0 aliphatic carbocycles. The Kier molecular flexibility index (Phi) is 21.1. The van der Waals surface area contributed by atoms with E-state index >= 15 is 0 Å². The maximum Gasteiger partial charge on any atom is 0.0361 e. The van der Waals surface area contributed by atoms with Gasteiger partial charge in [0.05, 0.1) is 0 Å². The summed E-state index contributed by atoms with van der Waals surface area (Å²) in [5.74, 6) is 0. The average Bonchev–Trinajstić information content (AvgIpc) is 3.19. The largest absolute Gasteiger partial charge is 0.378 e. The van der Waals surface area contributed by atoms with Crippen LogP contribution >= 0.6 is 40.7 Å². The van der Waals surface area contributed by atoms with Crippen molar-refractivity contribution < 1.29 is 27.7 Å². The van der Waals surface area contributed by atoms with Gasteiger partial charge < -0.3 is 29.4 Å². The molecule has 6 aromatic carbocycles. The van der Waals surface area contributed by atoms with Crippen molar-refractivity contribution in [1.82, 2.24) is 0 Å². The van der Waals surface area contributed by atoms with Crippen LogP contribution in [0.1, 0.15) is 0 Å². The third-order valence-electron chi connectivity index (χ3n) is 9.75. The molecule has 59 heavy (non-hydrogen) atoms. The smallest absolute Gasteiger partial charge is 0.0361 e. The number of nitrogens with zero attached hydrogens (tertiary/aromatic N) is 6. The van der Waals surface area contributed by atoms with E-state index < -0.39 is 15.8 Å². The van der Waals surface area contributed by atoms with Crippen LogP contribution in [0.3, 0.4) is 0 Å². The Bertz CT molecular complexity index is 1690. The molecule has 0 saturated heterocycles. The van der Waals surface area contributed by atoms with E-state index in [-0.39, 0.29) is 52.5 Å². The van der Waals surface area contributed by atoms with E-state index in [0.717, 1.165) is 0 Å². The van der Waals surface area contributed by atoms with Gasteiger partial charge in [0.15, 0.2) is 0 Å². The van der Waals surface area contributed by atoms with E-state index in [1.165, 1.54) is 66.0 Å². The summed E-state index contributed by atoms with van der Waals surface area (Å²) in [5.41, 5.74) is 7.36. The van der Waals surface area contributed by atoms with E-state index in [9.17, 15) is 0 Å². The molecule has 6 rings (SSSR count). The van der Waals surface area contributed by atoms with E-state index in [0.29, 0.717) is 0 Å². The summed E-state index contributed by atoms with van der Waals surface area (Å²) in [6.45, 7) is 0. The second kappa shape index (κ2) is 24.1. The first kappa shape index (κ1) is 51.6. The predicted molar refractivity (Wildman–Crippen MR) is 271 cm³/mol. The number of benzene rings is 6. The minimum atomic E-state index is -0.597. The fourth-order valence-electron chi connectivity index (χ4n) is 6.29. The zero-order chi connectivity index (χ0) is 40.5. The molecular formula is C48H62Cl2HgN6P2. The summed E-state index contributed by atoms with van der Waals surface area (Å²) in [7, 11) is 23.8. The number of hydrogen-bond acceptors (Lipinski definition) is 6. The molecule has 0 bridgehead atoms. The van der Waals surface area contributed by atoms with Crippen molar-refractivity contribution in [3.05, 3.63) is 146 Å². The summed E-state index contributed by atoms with van der Waals surface area (Å²) in [5, 5.41) is 8.23. The number of halogens is 2. The minimum absolute atomic E-state index is 0. The quantitative estimate of drug-likeness (QED) is 0.0906. The number of hydrogen-bond donors (Lipinski definition) is 0. The van der Waals surface area contributed by atoms with Crippen molar-refractivity contribution in [2.75, 3.05) is 114 Å². The first-order valence-electron chi connectivity index (χ1n) is 19.0. The molecule has 0 aromatic heterocycles. The van der Waals surface area contributed by atoms with Crippen LogP contribution in [0.15, 0.2) is 146 Å². The molecule has 6 nitrogen and oxygen atoms in total. The van der Waals surface area contributed by atoms with Gasteiger partial charge >= 0.3 is 0 Å². The molecule has 0 N–H and O–H groups in total. The monoisotopic (exact) mass is 1060 g/mol. The molecule has 0 unspecified atom stereocenters. The number of rotatable bonds is 12. The summed E-state index contributed by atoms with van der Waals surface area (Å²) in [4.78, 5) is 12.9. The van der Waals surface area contributed by atoms with Gasteiger partial charge in [0, 0.05) is 146 Å².